The van der Waals surface area contributed by atoms with E-state index in [4.69, 9.17) is 0 Å². The van der Waals surface area contributed by atoms with Crippen molar-refractivity contribution in [2.75, 3.05) is 0 Å². The predicted molar refractivity (Wildman–Crippen MR) is 64.9 cm³/mol. The third kappa shape index (κ3) is 2.00. The zero-order valence-corrected chi connectivity index (χ0v) is 10.7. The van der Waals surface area contributed by atoms with E-state index in [0.29, 0.717) is 5.92 Å². The van der Waals surface area contributed by atoms with Gasteiger partial charge in [-0.1, -0.05) is 35.8 Å². The summed E-state index contributed by atoms with van der Waals surface area (Å²) in [5.74, 6) is 0.458. The summed E-state index contributed by atoms with van der Waals surface area (Å²) in [7, 11) is 0. The minimum absolute atomic E-state index is 0.203. The van der Waals surface area contributed by atoms with Crippen molar-refractivity contribution in [2.45, 2.75) is 26.7 Å². The molecule has 0 saturated heterocycles. The molecule has 0 bridgehead atoms. The Morgan fingerprint density at radius 2 is 2.00 bits per heavy atom. The first-order chi connectivity index (χ1) is 7.03. The van der Waals surface area contributed by atoms with Gasteiger partial charge in [0.05, 0.1) is 0 Å². The molecule has 0 aliphatic heterocycles. The van der Waals surface area contributed by atoms with Crippen LogP contribution in [0.3, 0.4) is 0 Å². The molecule has 2 heteroatoms. The largest absolute Gasteiger partial charge is 0.303 e. The molecule has 1 nitrogen and oxygen atoms in total. The molecule has 1 unspecified atom stereocenters. The van der Waals surface area contributed by atoms with Gasteiger partial charge in [-0.3, -0.25) is 0 Å². The van der Waals surface area contributed by atoms with Crippen LogP contribution in [0.2, 0.25) is 0 Å². The van der Waals surface area contributed by atoms with Crippen LogP contribution in [0.1, 0.15) is 25.0 Å². The summed E-state index contributed by atoms with van der Waals surface area (Å²) < 4.78 is 1.13. The molecule has 1 atom stereocenters. The number of hydrogen-bond donors (Lipinski definition) is 0. The van der Waals surface area contributed by atoms with E-state index in [1.54, 1.807) is 0 Å². The molecule has 0 spiro atoms. The van der Waals surface area contributed by atoms with Gasteiger partial charge in [0.1, 0.15) is 6.29 Å². The second kappa shape index (κ2) is 3.75. The van der Waals surface area contributed by atoms with Crippen molar-refractivity contribution >= 4 is 22.2 Å². The average molecular weight is 267 g/mol. The summed E-state index contributed by atoms with van der Waals surface area (Å²) in [6.45, 7) is 4.07. The van der Waals surface area contributed by atoms with Crippen LogP contribution in [0.4, 0.5) is 0 Å². The number of carbonyl (C=O) groups excluding carboxylic acids is 1. The SMILES string of the molecule is CC(C)(C=O)C1Cc2ccc(Br)cc2C1. The standard InChI is InChI=1S/C13H15BrO/c1-13(2,8-15)11-5-9-3-4-12(14)7-10(9)6-11/h3-4,7-8,11H,5-6H2,1-2H3. The van der Waals surface area contributed by atoms with Gasteiger partial charge >= 0.3 is 0 Å². The summed E-state index contributed by atoms with van der Waals surface area (Å²) in [5, 5.41) is 0. The van der Waals surface area contributed by atoms with Gasteiger partial charge < -0.3 is 4.79 Å². The van der Waals surface area contributed by atoms with Crippen LogP contribution in [-0.2, 0) is 17.6 Å². The molecule has 0 saturated carbocycles. The molecular formula is C13H15BrO. The minimum atomic E-state index is -0.203. The van der Waals surface area contributed by atoms with Crippen LogP contribution in [0.25, 0.3) is 0 Å². The van der Waals surface area contributed by atoms with Crippen LogP contribution < -0.4 is 0 Å². The van der Waals surface area contributed by atoms with Crippen molar-refractivity contribution in [3.8, 4) is 0 Å². The number of aldehydes is 1. The zero-order chi connectivity index (χ0) is 11.1. The Balaban J connectivity index is 2.26. The second-order valence-electron chi connectivity index (χ2n) is 4.96. The van der Waals surface area contributed by atoms with Crippen molar-refractivity contribution in [1.29, 1.82) is 0 Å². The smallest absolute Gasteiger partial charge is 0.125 e. The van der Waals surface area contributed by atoms with E-state index in [0.717, 1.165) is 23.6 Å². The molecule has 0 aromatic heterocycles. The second-order valence-corrected chi connectivity index (χ2v) is 5.87. The summed E-state index contributed by atoms with van der Waals surface area (Å²) in [6, 6.07) is 6.42. The summed E-state index contributed by atoms with van der Waals surface area (Å²) in [5.41, 5.74) is 2.59. The first kappa shape index (κ1) is 10.9. The fourth-order valence-electron chi connectivity index (χ4n) is 2.21. The van der Waals surface area contributed by atoms with E-state index in [1.807, 2.05) is 13.8 Å². The highest BCUT2D eigenvalue weighted by Crippen LogP contribution is 2.38. The van der Waals surface area contributed by atoms with Crippen molar-refractivity contribution < 1.29 is 4.79 Å². The Morgan fingerprint density at radius 1 is 1.33 bits per heavy atom. The fraction of sp³-hybridized carbons (Fsp3) is 0.462. The number of hydrogen-bond acceptors (Lipinski definition) is 1. The molecule has 0 radical (unpaired) electrons. The van der Waals surface area contributed by atoms with E-state index < -0.39 is 0 Å². The van der Waals surface area contributed by atoms with Gasteiger partial charge in [-0.25, -0.2) is 0 Å². The Bertz CT molecular complexity index is 396. The number of halogens is 1. The normalized spacial score (nSPS) is 20.1. The van der Waals surface area contributed by atoms with Crippen molar-refractivity contribution in [1.82, 2.24) is 0 Å². The molecule has 0 fully saturated rings. The predicted octanol–water partition coefficient (Wildman–Crippen LogP) is 3.39. The Labute approximate surface area is 99.0 Å². The van der Waals surface area contributed by atoms with Gasteiger partial charge in [0, 0.05) is 9.89 Å². The van der Waals surface area contributed by atoms with Crippen molar-refractivity contribution in [3.63, 3.8) is 0 Å². The van der Waals surface area contributed by atoms with Crippen LogP contribution in [0.15, 0.2) is 22.7 Å². The maximum absolute atomic E-state index is 11.0. The molecule has 1 aliphatic rings. The summed E-state index contributed by atoms with van der Waals surface area (Å²) in [4.78, 5) is 11.0. The zero-order valence-electron chi connectivity index (χ0n) is 9.09. The number of benzene rings is 1. The molecule has 15 heavy (non-hydrogen) atoms. The highest BCUT2D eigenvalue weighted by molar-refractivity contribution is 9.10. The monoisotopic (exact) mass is 266 g/mol. The third-order valence-electron chi connectivity index (χ3n) is 3.46. The number of carbonyl (C=O) groups is 1. The molecule has 0 amide bonds. The van der Waals surface area contributed by atoms with Crippen molar-refractivity contribution in [3.05, 3.63) is 33.8 Å². The van der Waals surface area contributed by atoms with E-state index in [2.05, 4.69) is 34.1 Å². The maximum Gasteiger partial charge on any atom is 0.125 e. The molecular weight excluding hydrogens is 252 g/mol. The lowest BCUT2D eigenvalue weighted by Gasteiger charge is -2.24. The summed E-state index contributed by atoms with van der Waals surface area (Å²) >= 11 is 3.48. The lowest BCUT2D eigenvalue weighted by Crippen LogP contribution is -2.25. The van der Waals surface area contributed by atoms with Gasteiger partial charge in [-0.15, -0.1) is 0 Å². The molecule has 1 aromatic rings. The molecule has 1 aromatic carbocycles. The Hall–Kier alpha value is -0.630. The topological polar surface area (TPSA) is 17.1 Å². The molecule has 80 valence electrons. The van der Waals surface area contributed by atoms with Gasteiger partial charge in [0.2, 0.25) is 0 Å². The fourth-order valence-corrected chi connectivity index (χ4v) is 2.62. The lowest BCUT2D eigenvalue weighted by atomic mass is 9.78. The third-order valence-corrected chi connectivity index (χ3v) is 3.95. The van der Waals surface area contributed by atoms with Gasteiger partial charge in [0.15, 0.2) is 0 Å². The number of rotatable bonds is 2. The van der Waals surface area contributed by atoms with Gasteiger partial charge in [0.25, 0.3) is 0 Å². The maximum atomic E-state index is 11.0. The quantitative estimate of drug-likeness (QED) is 0.751. The van der Waals surface area contributed by atoms with E-state index >= 15 is 0 Å². The van der Waals surface area contributed by atoms with Crippen LogP contribution in [0.5, 0.6) is 0 Å². The summed E-state index contributed by atoms with van der Waals surface area (Å²) in [6.07, 6.45) is 3.16. The first-order valence-corrected chi connectivity index (χ1v) is 6.06. The number of fused-ring (bicyclic) bond motifs is 1. The van der Waals surface area contributed by atoms with E-state index in [-0.39, 0.29) is 5.41 Å². The van der Waals surface area contributed by atoms with Crippen molar-refractivity contribution in [2.24, 2.45) is 11.3 Å². The van der Waals surface area contributed by atoms with Crippen LogP contribution in [0, 0.1) is 11.3 Å². The minimum Gasteiger partial charge on any atom is -0.303 e. The Kier molecular flexibility index (Phi) is 2.72. The Morgan fingerprint density at radius 3 is 2.67 bits per heavy atom. The van der Waals surface area contributed by atoms with Crippen LogP contribution >= 0.6 is 15.9 Å². The lowest BCUT2D eigenvalue weighted by molar-refractivity contribution is -0.116. The average Bonchev–Trinajstić information content (AvgIpc) is 2.61. The molecule has 1 aliphatic carbocycles. The molecule has 2 rings (SSSR count). The molecule has 0 heterocycles. The first-order valence-electron chi connectivity index (χ1n) is 5.26. The van der Waals surface area contributed by atoms with Gasteiger partial charge in [-0.05, 0) is 42.0 Å². The molecule has 0 N–H and O–H groups in total. The van der Waals surface area contributed by atoms with E-state index in [1.165, 1.54) is 11.1 Å². The van der Waals surface area contributed by atoms with E-state index in [9.17, 15) is 4.79 Å². The van der Waals surface area contributed by atoms with Gasteiger partial charge in [-0.2, -0.15) is 0 Å². The highest BCUT2D eigenvalue weighted by Gasteiger charge is 2.34. The van der Waals surface area contributed by atoms with Crippen LogP contribution in [-0.4, -0.2) is 6.29 Å². The highest BCUT2D eigenvalue weighted by atomic mass is 79.9.